The summed E-state index contributed by atoms with van der Waals surface area (Å²) in [5.41, 5.74) is 6.70. The first kappa shape index (κ1) is 38.9. The molecule has 0 amide bonds. The number of hydrogen-bond donors (Lipinski definition) is 2. The quantitative estimate of drug-likeness (QED) is 0.0894. The van der Waals surface area contributed by atoms with E-state index >= 15 is 0 Å². The molecular weight excluding hydrogens is 769 g/mol. The lowest BCUT2D eigenvalue weighted by molar-refractivity contribution is 0.259. The van der Waals surface area contributed by atoms with Gasteiger partial charge in [0.2, 0.25) is 0 Å². The summed E-state index contributed by atoms with van der Waals surface area (Å²) in [5, 5.41) is 2.68. The summed E-state index contributed by atoms with van der Waals surface area (Å²) in [6.45, 7) is 16.1. The molecule has 9 heteroatoms. The molecule has 284 valence electrons. The first-order valence-electron chi connectivity index (χ1n) is 19.7. The molecule has 0 atom stereocenters. The van der Waals surface area contributed by atoms with Crippen LogP contribution in [-0.4, -0.2) is 96.7 Å². The van der Waals surface area contributed by atoms with E-state index in [0.29, 0.717) is 5.92 Å². The Bertz CT molecular complexity index is 2040. The van der Waals surface area contributed by atoms with Gasteiger partial charge < -0.3 is 19.8 Å². The Labute approximate surface area is 339 Å². The number of aromatic amines is 2. The van der Waals surface area contributed by atoms with Gasteiger partial charge in [0.15, 0.2) is 0 Å². The number of rotatable bonds is 13. The number of anilines is 2. The fraction of sp³-hybridized carbons (Fsp3) is 0.378. The lowest BCUT2D eigenvalue weighted by atomic mass is 10.0. The van der Waals surface area contributed by atoms with Gasteiger partial charge in [-0.2, -0.15) is 0 Å². The number of aromatic nitrogens is 2. The third-order valence-corrected chi connectivity index (χ3v) is 13.4. The summed E-state index contributed by atoms with van der Waals surface area (Å²) in [4.78, 5) is 19.8. The van der Waals surface area contributed by atoms with Gasteiger partial charge in [0.25, 0.3) is 0 Å². The van der Waals surface area contributed by atoms with Gasteiger partial charge >= 0.3 is 0 Å². The van der Waals surface area contributed by atoms with Crippen molar-refractivity contribution < 1.29 is 0 Å². The van der Waals surface area contributed by atoms with Gasteiger partial charge in [0.1, 0.15) is 0 Å². The molecular formula is C45H55BrN6S2. The summed E-state index contributed by atoms with van der Waals surface area (Å²) in [6, 6.07) is 35.0. The average molecular weight is 824 g/mol. The number of benzene rings is 4. The van der Waals surface area contributed by atoms with Crippen molar-refractivity contribution in [3.05, 3.63) is 119 Å². The maximum Gasteiger partial charge on any atom is 0.0474 e. The Kier molecular flexibility index (Phi) is 14.1. The number of fused-ring (bicyclic) bond motifs is 2. The van der Waals surface area contributed by atoms with Crippen molar-refractivity contribution in [1.29, 1.82) is 0 Å². The number of nitrogens with one attached hydrogen (secondary N) is 2. The third-order valence-electron chi connectivity index (χ3n) is 10.7. The molecule has 0 radical (unpaired) electrons. The first-order chi connectivity index (χ1) is 26.5. The summed E-state index contributed by atoms with van der Waals surface area (Å²) in [6.07, 6.45) is 6.57. The van der Waals surface area contributed by atoms with E-state index in [1.54, 1.807) is 0 Å². The predicted molar refractivity (Wildman–Crippen MR) is 239 cm³/mol. The van der Waals surface area contributed by atoms with E-state index in [2.05, 4.69) is 156 Å². The lowest BCUT2D eigenvalue weighted by Crippen LogP contribution is -2.46. The van der Waals surface area contributed by atoms with Crippen LogP contribution in [-0.2, 0) is 0 Å². The number of hydrogen-bond acceptors (Lipinski definition) is 6. The second-order valence-corrected chi connectivity index (χ2v) is 17.9. The van der Waals surface area contributed by atoms with Crippen LogP contribution in [0.3, 0.4) is 0 Å². The van der Waals surface area contributed by atoms with Gasteiger partial charge in [-0.25, -0.2) is 0 Å². The molecule has 0 bridgehead atoms. The van der Waals surface area contributed by atoms with E-state index in [9.17, 15) is 0 Å². The van der Waals surface area contributed by atoms with Crippen LogP contribution in [0.2, 0.25) is 0 Å². The van der Waals surface area contributed by atoms with E-state index in [-0.39, 0.29) is 0 Å². The fourth-order valence-corrected chi connectivity index (χ4v) is 10.3. The van der Waals surface area contributed by atoms with E-state index in [1.807, 2.05) is 35.9 Å². The Hall–Kier alpha value is -3.34. The van der Waals surface area contributed by atoms with Gasteiger partial charge in [-0.15, -0.1) is 23.5 Å². The maximum atomic E-state index is 3.54. The molecule has 2 aliphatic heterocycles. The lowest BCUT2D eigenvalue weighted by Gasteiger charge is -2.36. The topological polar surface area (TPSA) is 44.5 Å². The summed E-state index contributed by atoms with van der Waals surface area (Å²) in [7, 11) is 0. The normalized spacial score (nSPS) is 15.6. The van der Waals surface area contributed by atoms with Gasteiger partial charge in [-0.3, -0.25) is 9.80 Å². The number of halogens is 1. The van der Waals surface area contributed by atoms with Crippen LogP contribution >= 0.6 is 39.5 Å². The molecule has 2 aromatic heterocycles. The average Bonchev–Trinajstić information content (AvgIpc) is 3.90. The Morgan fingerprint density at radius 1 is 0.593 bits per heavy atom. The number of thioether (sulfide) groups is 2. The highest BCUT2D eigenvalue weighted by atomic mass is 79.9. The SMILES string of the molecule is Brc1cccc(SCCCN2CCN(c3cccc4[nH]ccc34)CC2)c1.CC(C)c1ccccc1SCCCN1CCN(c2cccc3[nH]ccc23)CC1. The van der Waals surface area contributed by atoms with Crippen LogP contribution < -0.4 is 9.80 Å². The Balaban J connectivity index is 0.000000167. The zero-order chi connectivity index (χ0) is 37.1. The smallest absolute Gasteiger partial charge is 0.0474 e. The number of nitrogens with zero attached hydrogens (tertiary/aromatic N) is 4. The number of piperazine rings is 2. The molecule has 0 aliphatic carbocycles. The van der Waals surface area contributed by atoms with Crippen molar-refractivity contribution in [1.82, 2.24) is 19.8 Å². The molecule has 6 nitrogen and oxygen atoms in total. The minimum Gasteiger partial charge on any atom is -0.368 e. The van der Waals surface area contributed by atoms with Crippen molar-refractivity contribution in [2.45, 2.75) is 42.4 Å². The van der Waals surface area contributed by atoms with Crippen molar-refractivity contribution in [3.63, 3.8) is 0 Å². The van der Waals surface area contributed by atoms with Gasteiger partial charge in [0.05, 0.1) is 0 Å². The van der Waals surface area contributed by atoms with Crippen LogP contribution in [0.4, 0.5) is 11.4 Å². The molecule has 8 rings (SSSR count). The monoisotopic (exact) mass is 822 g/mol. The number of H-pyrrole nitrogens is 2. The van der Waals surface area contributed by atoms with Crippen molar-refractivity contribution in [2.75, 3.05) is 86.8 Å². The molecule has 2 aliphatic rings. The second-order valence-electron chi connectivity index (χ2n) is 14.6. The van der Waals surface area contributed by atoms with Crippen LogP contribution in [0.5, 0.6) is 0 Å². The minimum absolute atomic E-state index is 0.598. The zero-order valence-corrected chi connectivity index (χ0v) is 35.1. The first-order valence-corrected chi connectivity index (χ1v) is 22.4. The highest BCUT2D eigenvalue weighted by Gasteiger charge is 2.20. The Morgan fingerprint density at radius 2 is 1.13 bits per heavy atom. The molecule has 2 fully saturated rings. The van der Waals surface area contributed by atoms with E-state index in [4.69, 9.17) is 0 Å². The molecule has 2 N–H and O–H groups in total. The van der Waals surface area contributed by atoms with E-state index in [1.165, 1.54) is 86.0 Å². The van der Waals surface area contributed by atoms with Crippen molar-refractivity contribution >= 4 is 72.6 Å². The standard InChI is InChI=1S/C24H31N3S.C21H24BrN3S/c1-19(2)20-7-3-4-10-24(20)28-18-6-13-26-14-16-27(17-15-26)23-9-5-8-22-21(23)11-12-25-22;22-17-4-1-5-18(16-17)26-15-3-10-24-11-13-25(14-12-24)21-7-2-6-20-19(21)8-9-23-20/h3-5,7-12,19,25H,6,13-18H2,1-2H3;1-2,4-9,16,23H,3,10-15H2. The van der Waals surface area contributed by atoms with Gasteiger partial charge in [-0.05, 0) is 110 Å². The van der Waals surface area contributed by atoms with E-state index < -0.39 is 0 Å². The summed E-state index contributed by atoms with van der Waals surface area (Å²) < 4.78 is 1.16. The fourth-order valence-electron chi connectivity index (χ4n) is 7.71. The molecule has 0 unspecified atom stereocenters. The molecule has 0 saturated carbocycles. The molecule has 54 heavy (non-hydrogen) atoms. The highest BCUT2D eigenvalue weighted by Crippen LogP contribution is 2.30. The zero-order valence-electron chi connectivity index (χ0n) is 31.9. The van der Waals surface area contributed by atoms with Crippen LogP contribution in [0.25, 0.3) is 21.8 Å². The van der Waals surface area contributed by atoms with Gasteiger partial charge in [0, 0.05) is 112 Å². The van der Waals surface area contributed by atoms with Crippen molar-refractivity contribution in [3.8, 4) is 0 Å². The second kappa shape index (κ2) is 19.5. The minimum atomic E-state index is 0.598. The molecule has 4 heterocycles. The molecule has 6 aromatic rings. The van der Waals surface area contributed by atoms with Crippen LogP contribution in [0.15, 0.2) is 124 Å². The highest BCUT2D eigenvalue weighted by molar-refractivity contribution is 9.10. The molecule has 4 aromatic carbocycles. The van der Waals surface area contributed by atoms with Gasteiger partial charge in [-0.1, -0.05) is 66.2 Å². The van der Waals surface area contributed by atoms with Crippen molar-refractivity contribution in [2.24, 2.45) is 0 Å². The predicted octanol–water partition coefficient (Wildman–Crippen LogP) is 10.8. The maximum absolute atomic E-state index is 3.54. The third kappa shape index (κ3) is 10.3. The molecule has 0 spiro atoms. The Morgan fingerprint density at radius 3 is 1.69 bits per heavy atom. The van der Waals surface area contributed by atoms with Crippen LogP contribution in [0.1, 0.15) is 38.2 Å². The largest absolute Gasteiger partial charge is 0.368 e. The summed E-state index contributed by atoms with van der Waals surface area (Å²) >= 11 is 7.52. The van der Waals surface area contributed by atoms with E-state index in [0.717, 1.165) is 56.8 Å². The summed E-state index contributed by atoms with van der Waals surface area (Å²) in [5.74, 6) is 2.98. The van der Waals surface area contributed by atoms with Crippen LogP contribution in [0, 0.1) is 0 Å². The molecule has 2 saturated heterocycles.